The van der Waals surface area contributed by atoms with Gasteiger partial charge in [-0.05, 0) is 38.2 Å². The van der Waals surface area contributed by atoms with Gasteiger partial charge in [-0.2, -0.15) is 0 Å². The second kappa shape index (κ2) is 6.70. The highest BCUT2D eigenvalue weighted by atomic mass is 16.5. The van der Waals surface area contributed by atoms with Crippen LogP contribution in [0.15, 0.2) is 30.3 Å². The largest absolute Gasteiger partial charge is 0.383 e. The van der Waals surface area contributed by atoms with E-state index in [-0.39, 0.29) is 5.54 Å². The average molecular weight is 276 g/mol. The van der Waals surface area contributed by atoms with Gasteiger partial charge in [0.25, 0.3) is 0 Å². The van der Waals surface area contributed by atoms with Gasteiger partial charge >= 0.3 is 0 Å². The number of hydrogen-bond donors (Lipinski definition) is 1. The normalized spacial score (nSPS) is 19.9. The molecule has 0 saturated heterocycles. The van der Waals surface area contributed by atoms with Gasteiger partial charge in [0.05, 0.1) is 12.1 Å². The number of hydrogen-bond acceptors (Lipinski definition) is 3. The number of ether oxygens (including phenoxy) is 1. The maximum absolute atomic E-state index is 6.59. The summed E-state index contributed by atoms with van der Waals surface area (Å²) < 4.78 is 5.26. The minimum atomic E-state index is -0.321. The van der Waals surface area contributed by atoms with Crippen LogP contribution < -0.4 is 5.73 Å². The molecule has 0 radical (unpaired) electrons. The van der Waals surface area contributed by atoms with Crippen LogP contribution in [0.25, 0.3) is 0 Å². The first kappa shape index (κ1) is 15.5. The second-order valence-corrected chi connectivity index (χ2v) is 6.32. The van der Waals surface area contributed by atoms with Crippen LogP contribution in [-0.2, 0) is 10.3 Å². The van der Waals surface area contributed by atoms with Crippen LogP contribution in [0.5, 0.6) is 0 Å². The summed E-state index contributed by atoms with van der Waals surface area (Å²) in [6, 6.07) is 11.0. The summed E-state index contributed by atoms with van der Waals surface area (Å²) >= 11 is 0. The second-order valence-electron chi connectivity index (χ2n) is 6.32. The van der Waals surface area contributed by atoms with Gasteiger partial charge in [-0.25, -0.2) is 0 Å². The molecule has 112 valence electrons. The Morgan fingerprint density at radius 3 is 2.55 bits per heavy atom. The third-order valence-electron chi connectivity index (χ3n) is 4.43. The molecule has 1 saturated carbocycles. The zero-order valence-electron chi connectivity index (χ0n) is 13.0. The van der Waals surface area contributed by atoms with Crippen molar-refractivity contribution in [1.82, 2.24) is 4.90 Å². The lowest BCUT2D eigenvalue weighted by Crippen LogP contribution is -2.49. The van der Waals surface area contributed by atoms with Gasteiger partial charge in [-0.1, -0.05) is 30.3 Å². The van der Waals surface area contributed by atoms with Crippen LogP contribution in [0.4, 0.5) is 0 Å². The highest BCUT2D eigenvalue weighted by molar-refractivity contribution is 5.23. The smallest absolute Gasteiger partial charge is 0.0589 e. The van der Waals surface area contributed by atoms with Crippen molar-refractivity contribution >= 4 is 0 Å². The lowest BCUT2D eigenvalue weighted by atomic mass is 9.92. The molecular formula is C17H28N2O. The zero-order chi connectivity index (χ0) is 14.6. The minimum absolute atomic E-state index is 0.321. The summed E-state index contributed by atoms with van der Waals surface area (Å²) in [7, 11) is 1.76. The molecule has 2 unspecified atom stereocenters. The highest BCUT2D eigenvalue weighted by Crippen LogP contribution is 2.36. The summed E-state index contributed by atoms with van der Waals surface area (Å²) in [5.41, 5.74) is 7.46. The van der Waals surface area contributed by atoms with E-state index in [2.05, 4.69) is 43.0 Å². The third kappa shape index (κ3) is 4.05. The minimum Gasteiger partial charge on any atom is -0.383 e. The Labute approximate surface area is 123 Å². The maximum atomic E-state index is 6.59. The fraction of sp³-hybridized carbons (Fsp3) is 0.647. The molecule has 0 bridgehead atoms. The van der Waals surface area contributed by atoms with E-state index in [9.17, 15) is 0 Å². The maximum Gasteiger partial charge on any atom is 0.0589 e. The quantitative estimate of drug-likeness (QED) is 0.793. The van der Waals surface area contributed by atoms with Crippen molar-refractivity contribution in [3.63, 3.8) is 0 Å². The Hall–Kier alpha value is -0.900. The molecule has 2 rings (SSSR count). The molecule has 0 spiro atoms. The first-order valence-electron chi connectivity index (χ1n) is 7.62. The Kier molecular flexibility index (Phi) is 5.19. The fourth-order valence-corrected chi connectivity index (χ4v) is 2.84. The van der Waals surface area contributed by atoms with E-state index in [0.717, 1.165) is 25.6 Å². The zero-order valence-corrected chi connectivity index (χ0v) is 13.0. The Bertz CT molecular complexity index is 401. The van der Waals surface area contributed by atoms with Crippen molar-refractivity contribution in [3.8, 4) is 0 Å². The van der Waals surface area contributed by atoms with E-state index in [4.69, 9.17) is 10.5 Å². The van der Waals surface area contributed by atoms with Gasteiger partial charge in [-0.15, -0.1) is 0 Å². The first-order chi connectivity index (χ1) is 9.54. The van der Waals surface area contributed by atoms with Crippen LogP contribution in [-0.4, -0.2) is 37.7 Å². The fourth-order valence-electron chi connectivity index (χ4n) is 2.84. The third-order valence-corrected chi connectivity index (χ3v) is 4.43. The lowest BCUT2D eigenvalue weighted by molar-refractivity contribution is 0.0986. The summed E-state index contributed by atoms with van der Waals surface area (Å²) in [4.78, 5) is 2.49. The van der Waals surface area contributed by atoms with E-state index in [0.29, 0.717) is 6.04 Å². The first-order valence-corrected chi connectivity index (χ1v) is 7.62. The summed E-state index contributed by atoms with van der Waals surface area (Å²) in [5, 5.41) is 0. The van der Waals surface area contributed by atoms with E-state index >= 15 is 0 Å². The molecule has 20 heavy (non-hydrogen) atoms. The molecule has 1 aliphatic rings. The number of methoxy groups -OCH3 is 1. The Balaban J connectivity index is 2.05. The van der Waals surface area contributed by atoms with Crippen molar-refractivity contribution < 1.29 is 4.74 Å². The molecule has 3 heteroatoms. The van der Waals surface area contributed by atoms with Crippen molar-refractivity contribution in [2.24, 2.45) is 11.7 Å². The molecule has 1 aliphatic carbocycles. The Morgan fingerprint density at radius 1 is 1.35 bits per heavy atom. The molecule has 1 fully saturated rings. The van der Waals surface area contributed by atoms with Gasteiger partial charge in [0, 0.05) is 26.2 Å². The molecule has 1 aromatic carbocycles. The number of nitrogens with two attached hydrogens (primary N) is 1. The van der Waals surface area contributed by atoms with Crippen LogP contribution in [0, 0.1) is 5.92 Å². The standard InChI is InChI=1S/C17H28N2O/c1-14(15-9-10-15)19(11-12-20-3)13-17(2,18)16-7-5-4-6-8-16/h4-8,14-15H,9-13,18H2,1-3H3. The van der Waals surface area contributed by atoms with Crippen LogP contribution in [0.2, 0.25) is 0 Å². The van der Waals surface area contributed by atoms with Crippen LogP contribution in [0.3, 0.4) is 0 Å². The van der Waals surface area contributed by atoms with E-state index in [1.54, 1.807) is 7.11 Å². The van der Waals surface area contributed by atoms with Gasteiger partial charge in [-0.3, -0.25) is 4.90 Å². The number of nitrogens with zero attached hydrogens (tertiary/aromatic N) is 1. The van der Waals surface area contributed by atoms with Gasteiger partial charge in [0.1, 0.15) is 0 Å². The summed E-state index contributed by atoms with van der Waals surface area (Å²) in [5.74, 6) is 0.846. The van der Waals surface area contributed by atoms with Gasteiger partial charge in [0.2, 0.25) is 0 Å². The van der Waals surface area contributed by atoms with Crippen molar-refractivity contribution in [2.45, 2.75) is 38.3 Å². The molecule has 3 nitrogen and oxygen atoms in total. The predicted octanol–water partition coefficient (Wildman–Crippen LogP) is 2.61. The topological polar surface area (TPSA) is 38.5 Å². The summed E-state index contributed by atoms with van der Waals surface area (Å²) in [6.07, 6.45) is 2.72. The molecule has 2 N–H and O–H groups in total. The SMILES string of the molecule is COCCN(CC(C)(N)c1ccccc1)C(C)C1CC1. The predicted molar refractivity (Wildman–Crippen MR) is 83.6 cm³/mol. The molecule has 0 heterocycles. The number of rotatable bonds is 8. The van der Waals surface area contributed by atoms with E-state index in [1.165, 1.54) is 18.4 Å². The average Bonchev–Trinajstić information content (AvgIpc) is 3.28. The van der Waals surface area contributed by atoms with Crippen molar-refractivity contribution in [1.29, 1.82) is 0 Å². The number of benzene rings is 1. The summed E-state index contributed by atoms with van der Waals surface area (Å²) in [6.45, 7) is 7.05. The molecule has 2 atom stereocenters. The molecule has 0 aliphatic heterocycles. The molecule has 1 aromatic rings. The van der Waals surface area contributed by atoms with Crippen LogP contribution in [0.1, 0.15) is 32.3 Å². The highest BCUT2D eigenvalue weighted by Gasteiger charge is 2.34. The lowest BCUT2D eigenvalue weighted by Gasteiger charge is -2.36. The molecule has 0 aromatic heterocycles. The van der Waals surface area contributed by atoms with Gasteiger partial charge < -0.3 is 10.5 Å². The molecular weight excluding hydrogens is 248 g/mol. The van der Waals surface area contributed by atoms with E-state index in [1.807, 2.05) is 6.07 Å². The van der Waals surface area contributed by atoms with Gasteiger partial charge in [0.15, 0.2) is 0 Å². The van der Waals surface area contributed by atoms with Crippen LogP contribution >= 0.6 is 0 Å². The van der Waals surface area contributed by atoms with E-state index < -0.39 is 0 Å². The Morgan fingerprint density at radius 2 is 2.00 bits per heavy atom. The van der Waals surface area contributed by atoms with Crippen molar-refractivity contribution in [2.75, 3.05) is 26.8 Å². The molecule has 0 amide bonds. The monoisotopic (exact) mass is 276 g/mol. The van der Waals surface area contributed by atoms with Crippen molar-refractivity contribution in [3.05, 3.63) is 35.9 Å².